The average molecular weight is 1130 g/mol. The van der Waals surface area contributed by atoms with Crippen molar-refractivity contribution in [3.63, 3.8) is 0 Å². The average Bonchev–Trinajstić information content (AvgIpc) is 3.25. The maximum atomic E-state index is 10.1. The fourth-order valence-electron chi connectivity index (χ4n) is 7.00. The van der Waals surface area contributed by atoms with Crippen molar-refractivity contribution in [1.82, 2.24) is 24.6 Å². The standard InChI is InChI=1S/4C12H26O4S.4H3N/c4*1-2-3-4-5-6-7-8-9-10-11-12-16-17(13,14)15;;;;/h4*2-12H2,1H3,(H,13,14,15);4*1H3. The third-order valence-corrected chi connectivity index (χ3v) is 12.7. The molecule has 72 heavy (non-hydrogen) atoms. The van der Waals surface area contributed by atoms with Crippen molar-refractivity contribution in [2.75, 3.05) is 26.4 Å². The summed E-state index contributed by atoms with van der Waals surface area (Å²) in [5, 5.41) is 0. The SMILES string of the molecule is CCCCCCCCCCCCOS(=O)(=O)[O-].CCCCCCCCCCCCOS(=O)(=O)[O-].CCCCCCCCCCCCOS(=O)(=O)[O-].CCCCCCCCCCCCOS(=O)(=O)[O-].[NH4+].[NH4+].[NH4+].[NH4+]. The van der Waals surface area contributed by atoms with Gasteiger partial charge in [0.1, 0.15) is 0 Å². The Kier molecular flexibility index (Phi) is 81.2. The molecule has 0 aliphatic rings. The molecule has 0 rings (SSSR count). The van der Waals surface area contributed by atoms with E-state index in [2.05, 4.69) is 44.4 Å². The summed E-state index contributed by atoms with van der Waals surface area (Å²) in [6, 6.07) is 0. The zero-order valence-electron chi connectivity index (χ0n) is 47.3. The van der Waals surface area contributed by atoms with Crippen LogP contribution in [0.3, 0.4) is 0 Å². The highest BCUT2D eigenvalue weighted by Gasteiger charge is 2.00. The van der Waals surface area contributed by atoms with Gasteiger partial charge in [0.25, 0.3) is 0 Å². The topological polar surface area (TPSA) is 412 Å². The molecule has 0 aromatic rings. The lowest BCUT2D eigenvalue weighted by atomic mass is 10.1. The Balaban J connectivity index is -0.000000124. The smallest absolute Gasteiger partial charge is 0.217 e. The second kappa shape index (κ2) is 66.4. The van der Waals surface area contributed by atoms with Crippen LogP contribution in [0.2, 0.25) is 0 Å². The van der Waals surface area contributed by atoms with Crippen molar-refractivity contribution in [1.29, 1.82) is 0 Å². The molecule has 0 aliphatic carbocycles. The van der Waals surface area contributed by atoms with Crippen LogP contribution >= 0.6 is 0 Å². The molecule has 448 valence electrons. The highest BCUT2D eigenvalue weighted by molar-refractivity contribution is 7.81. The van der Waals surface area contributed by atoms with Crippen molar-refractivity contribution in [2.24, 2.45) is 0 Å². The predicted octanol–water partition coefficient (Wildman–Crippen LogP) is 15.0. The lowest BCUT2D eigenvalue weighted by Gasteiger charge is -2.07. The van der Waals surface area contributed by atoms with Gasteiger partial charge in [0.15, 0.2) is 0 Å². The predicted molar refractivity (Wildman–Crippen MR) is 294 cm³/mol. The Hall–Kier alpha value is -0.680. The summed E-state index contributed by atoms with van der Waals surface area (Å²) in [7, 11) is -17.9. The molecule has 0 radical (unpaired) electrons. The van der Waals surface area contributed by atoms with E-state index in [-0.39, 0.29) is 51.0 Å². The normalized spacial score (nSPS) is 11.2. The molecule has 0 aliphatic heterocycles. The van der Waals surface area contributed by atoms with Crippen molar-refractivity contribution in [3.05, 3.63) is 0 Å². The first kappa shape index (κ1) is 88.0. The number of hydrogen-bond acceptors (Lipinski definition) is 16. The molecule has 0 unspecified atom stereocenters. The van der Waals surface area contributed by atoms with E-state index < -0.39 is 41.6 Å². The van der Waals surface area contributed by atoms with Gasteiger partial charge in [-0.25, -0.2) is 33.7 Å². The lowest BCUT2D eigenvalue weighted by molar-refractivity contribution is 0.253. The van der Waals surface area contributed by atoms with E-state index in [0.717, 1.165) is 51.4 Å². The third-order valence-electron chi connectivity index (χ3n) is 10.9. The number of rotatable bonds is 48. The Morgan fingerprint density at radius 2 is 0.306 bits per heavy atom. The van der Waals surface area contributed by atoms with Crippen LogP contribution in [-0.2, 0) is 58.3 Å². The minimum Gasteiger partial charge on any atom is -0.726 e. The Morgan fingerprint density at radius 1 is 0.208 bits per heavy atom. The van der Waals surface area contributed by atoms with Gasteiger partial charge in [-0.1, -0.05) is 259 Å². The summed E-state index contributed by atoms with van der Waals surface area (Å²) in [6.07, 6.45) is 46.8. The van der Waals surface area contributed by atoms with E-state index >= 15 is 0 Å². The summed E-state index contributed by atoms with van der Waals surface area (Å²) < 4.78 is 138. The van der Waals surface area contributed by atoms with E-state index in [9.17, 15) is 51.9 Å². The van der Waals surface area contributed by atoms with Crippen LogP contribution in [0.25, 0.3) is 0 Å². The van der Waals surface area contributed by atoms with Crippen LogP contribution in [0.4, 0.5) is 0 Å². The molecule has 0 heterocycles. The first-order valence-electron chi connectivity index (χ1n) is 26.6. The number of quaternary nitrogens is 4. The third kappa shape index (κ3) is 106. The minimum absolute atomic E-state index is 0. The number of hydrogen-bond donors (Lipinski definition) is 4. The fourth-order valence-corrected chi connectivity index (χ4v) is 8.29. The van der Waals surface area contributed by atoms with Crippen LogP contribution in [0.5, 0.6) is 0 Å². The Bertz CT molecular complexity index is 1240. The zero-order valence-corrected chi connectivity index (χ0v) is 50.5. The van der Waals surface area contributed by atoms with Gasteiger partial charge in [0.2, 0.25) is 41.6 Å². The van der Waals surface area contributed by atoms with Gasteiger partial charge < -0.3 is 42.8 Å². The first-order chi connectivity index (χ1) is 32.2. The highest BCUT2D eigenvalue weighted by Crippen LogP contribution is 2.14. The molecule has 0 spiro atoms. The summed E-state index contributed by atoms with van der Waals surface area (Å²) in [6.45, 7) is 8.97. The molecule has 0 atom stereocenters. The van der Waals surface area contributed by atoms with Gasteiger partial charge in [-0.05, 0) is 25.7 Å². The molecule has 0 saturated carbocycles. The molecular formula is C48H116N4O16S4. The summed E-state index contributed by atoms with van der Waals surface area (Å²) in [4.78, 5) is 0. The van der Waals surface area contributed by atoms with E-state index in [1.807, 2.05) is 0 Å². The van der Waals surface area contributed by atoms with Crippen LogP contribution in [0, 0.1) is 0 Å². The second-order valence-corrected chi connectivity index (χ2v) is 21.9. The fraction of sp³-hybridized carbons (Fsp3) is 1.00. The Morgan fingerprint density at radius 3 is 0.403 bits per heavy atom. The quantitative estimate of drug-likeness (QED) is 0.0250. The molecule has 0 fully saturated rings. The van der Waals surface area contributed by atoms with Crippen LogP contribution in [0.15, 0.2) is 0 Å². The largest absolute Gasteiger partial charge is 0.726 e. The lowest BCUT2D eigenvalue weighted by Crippen LogP contribution is -2.05. The molecule has 0 aromatic heterocycles. The van der Waals surface area contributed by atoms with Crippen LogP contribution in [0.1, 0.15) is 285 Å². The molecule has 0 aromatic carbocycles. The van der Waals surface area contributed by atoms with Gasteiger partial charge in [-0.2, -0.15) is 0 Å². The summed E-state index contributed by atoms with van der Waals surface area (Å²) in [5.41, 5.74) is 0. The Labute approximate surface area is 443 Å². The van der Waals surface area contributed by atoms with Gasteiger partial charge in [-0.15, -0.1) is 0 Å². The van der Waals surface area contributed by atoms with Gasteiger partial charge in [0.05, 0.1) is 26.4 Å². The van der Waals surface area contributed by atoms with Gasteiger partial charge in [0, 0.05) is 0 Å². The first-order valence-corrected chi connectivity index (χ1v) is 32.0. The van der Waals surface area contributed by atoms with Crippen molar-refractivity contribution in [2.45, 2.75) is 285 Å². The van der Waals surface area contributed by atoms with E-state index in [0.29, 0.717) is 25.7 Å². The minimum atomic E-state index is -4.48. The molecule has 0 bridgehead atoms. The van der Waals surface area contributed by atoms with E-state index in [1.54, 1.807) is 0 Å². The van der Waals surface area contributed by atoms with Crippen LogP contribution in [-0.4, -0.2) is 78.3 Å². The molecule has 16 N–H and O–H groups in total. The number of unbranched alkanes of at least 4 members (excludes halogenated alkanes) is 36. The molecule has 0 amide bonds. The monoisotopic (exact) mass is 1130 g/mol. The molecule has 0 saturated heterocycles. The van der Waals surface area contributed by atoms with E-state index in [1.165, 1.54) is 180 Å². The molecule has 20 nitrogen and oxygen atoms in total. The van der Waals surface area contributed by atoms with Crippen molar-refractivity contribution >= 4 is 41.6 Å². The van der Waals surface area contributed by atoms with Crippen LogP contribution < -0.4 is 24.6 Å². The van der Waals surface area contributed by atoms with E-state index in [4.69, 9.17) is 0 Å². The molecule has 24 heteroatoms. The summed E-state index contributed by atoms with van der Waals surface area (Å²) >= 11 is 0. The second-order valence-electron chi connectivity index (χ2n) is 17.6. The van der Waals surface area contributed by atoms with Crippen molar-refractivity contribution in [3.8, 4) is 0 Å². The van der Waals surface area contributed by atoms with Crippen molar-refractivity contribution < 1.29 is 68.6 Å². The maximum Gasteiger partial charge on any atom is 0.217 e. The maximum absolute atomic E-state index is 10.1. The summed E-state index contributed by atoms with van der Waals surface area (Å²) in [5.74, 6) is 0. The molecular weight excluding hydrogens is 1020 g/mol. The van der Waals surface area contributed by atoms with Gasteiger partial charge >= 0.3 is 0 Å². The highest BCUT2D eigenvalue weighted by atomic mass is 32.3. The zero-order chi connectivity index (χ0) is 51.9. The van der Waals surface area contributed by atoms with Gasteiger partial charge in [-0.3, -0.25) is 16.7 Å².